The number of aromatic nitrogens is 3. The van der Waals surface area contributed by atoms with Gasteiger partial charge in [-0.1, -0.05) is 11.6 Å². The molecule has 0 aliphatic heterocycles. The van der Waals surface area contributed by atoms with E-state index in [9.17, 15) is 22.0 Å². The first-order chi connectivity index (χ1) is 10.2. The van der Waals surface area contributed by atoms with Crippen LogP contribution < -0.4 is 5.32 Å². The summed E-state index contributed by atoms with van der Waals surface area (Å²) in [4.78, 5) is 3.77. The molecule has 120 valence electrons. The molecule has 0 radical (unpaired) electrons. The van der Waals surface area contributed by atoms with Crippen LogP contribution in [-0.4, -0.2) is 21.2 Å². The summed E-state index contributed by atoms with van der Waals surface area (Å²) in [5, 5.41) is 6.21. The number of nitrogens with zero attached hydrogens (tertiary/aromatic N) is 3. The third-order valence-corrected chi connectivity index (χ3v) is 2.78. The minimum atomic E-state index is -4.53. The average molecular weight is 341 g/mol. The third kappa shape index (κ3) is 4.55. The van der Waals surface area contributed by atoms with E-state index >= 15 is 0 Å². The predicted octanol–water partition coefficient (Wildman–Crippen LogP) is 3.83. The van der Waals surface area contributed by atoms with Gasteiger partial charge in [-0.3, -0.25) is 4.68 Å². The van der Waals surface area contributed by atoms with Crippen molar-refractivity contribution in [2.45, 2.75) is 25.7 Å². The predicted molar refractivity (Wildman–Crippen MR) is 69.8 cm³/mol. The number of alkyl halides is 5. The summed E-state index contributed by atoms with van der Waals surface area (Å²) in [5.74, 6) is 0.246. The molecule has 0 atom stereocenters. The van der Waals surface area contributed by atoms with Crippen LogP contribution in [0.15, 0.2) is 24.4 Å². The SMILES string of the molecule is FC(F)Cn1ccc(NCc2cc(C(F)(F)F)cc(Cl)n2)n1. The molecule has 2 aromatic rings. The van der Waals surface area contributed by atoms with E-state index in [0.717, 1.165) is 16.8 Å². The Morgan fingerprint density at radius 3 is 2.64 bits per heavy atom. The standard InChI is InChI=1S/C12H10ClF5N4/c13-9-4-7(12(16,17)18)3-8(20-9)5-19-11-1-2-22(21-11)6-10(14)15/h1-4,10H,5-6H2,(H,19,21). The Hall–Kier alpha value is -1.90. The Labute approximate surface area is 126 Å². The van der Waals surface area contributed by atoms with Crippen LogP contribution in [0.1, 0.15) is 11.3 Å². The second kappa shape index (κ2) is 6.47. The highest BCUT2D eigenvalue weighted by atomic mass is 35.5. The van der Waals surface area contributed by atoms with Crippen LogP contribution in [0.25, 0.3) is 0 Å². The molecule has 2 heterocycles. The molecule has 0 unspecified atom stereocenters. The average Bonchev–Trinajstić information content (AvgIpc) is 2.81. The van der Waals surface area contributed by atoms with Crippen molar-refractivity contribution in [3.05, 3.63) is 40.8 Å². The Morgan fingerprint density at radius 1 is 1.27 bits per heavy atom. The molecule has 0 saturated heterocycles. The van der Waals surface area contributed by atoms with Gasteiger partial charge in [0.1, 0.15) is 17.5 Å². The highest BCUT2D eigenvalue weighted by Gasteiger charge is 2.31. The molecule has 0 saturated carbocycles. The first-order valence-corrected chi connectivity index (χ1v) is 6.41. The van der Waals surface area contributed by atoms with Crippen LogP contribution >= 0.6 is 11.6 Å². The Bertz CT molecular complexity index is 641. The summed E-state index contributed by atoms with van der Waals surface area (Å²) < 4.78 is 63.3. The number of pyridine rings is 1. The smallest absolute Gasteiger partial charge is 0.363 e. The molecule has 0 spiro atoms. The normalized spacial score (nSPS) is 12.0. The lowest BCUT2D eigenvalue weighted by Crippen LogP contribution is -2.10. The minimum Gasteiger partial charge on any atom is -0.363 e. The molecule has 0 aliphatic carbocycles. The quantitative estimate of drug-likeness (QED) is 0.664. The van der Waals surface area contributed by atoms with Crippen LogP contribution in [0.2, 0.25) is 5.15 Å². The number of nitrogens with one attached hydrogen (secondary N) is 1. The van der Waals surface area contributed by atoms with Crippen molar-refractivity contribution in [2.24, 2.45) is 0 Å². The van der Waals surface area contributed by atoms with Gasteiger partial charge in [-0.05, 0) is 12.1 Å². The molecule has 0 aliphatic rings. The lowest BCUT2D eigenvalue weighted by molar-refractivity contribution is -0.137. The van der Waals surface area contributed by atoms with Crippen molar-refractivity contribution < 1.29 is 22.0 Å². The van der Waals surface area contributed by atoms with E-state index in [0.29, 0.717) is 0 Å². The summed E-state index contributed by atoms with van der Waals surface area (Å²) >= 11 is 5.56. The third-order valence-electron chi connectivity index (χ3n) is 2.59. The van der Waals surface area contributed by atoms with E-state index in [4.69, 9.17) is 11.6 Å². The van der Waals surface area contributed by atoms with E-state index in [1.165, 1.54) is 12.3 Å². The van der Waals surface area contributed by atoms with Crippen molar-refractivity contribution in [3.63, 3.8) is 0 Å². The van der Waals surface area contributed by atoms with Crippen LogP contribution in [0.5, 0.6) is 0 Å². The summed E-state index contributed by atoms with van der Waals surface area (Å²) in [7, 11) is 0. The topological polar surface area (TPSA) is 42.7 Å². The first kappa shape index (κ1) is 16.5. The van der Waals surface area contributed by atoms with E-state index in [-0.39, 0.29) is 23.2 Å². The first-order valence-electron chi connectivity index (χ1n) is 6.03. The van der Waals surface area contributed by atoms with Gasteiger partial charge in [0.05, 0.1) is 17.8 Å². The molecule has 0 bridgehead atoms. The maximum atomic E-state index is 12.6. The van der Waals surface area contributed by atoms with Crippen LogP contribution in [0.4, 0.5) is 27.8 Å². The van der Waals surface area contributed by atoms with Crippen molar-refractivity contribution in [1.82, 2.24) is 14.8 Å². The number of halogens is 6. The van der Waals surface area contributed by atoms with Gasteiger partial charge in [-0.25, -0.2) is 13.8 Å². The lowest BCUT2D eigenvalue weighted by Gasteiger charge is -2.09. The highest BCUT2D eigenvalue weighted by Crippen LogP contribution is 2.30. The van der Waals surface area contributed by atoms with E-state index in [1.807, 2.05) is 0 Å². The summed E-state index contributed by atoms with van der Waals surface area (Å²) in [5.41, 5.74) is -0.851. The molecule has 10 heteroatoms. The van der Waals surface area contributed by atoms with Crippen molar-refractivity contribution in [3.8, 4) is 0 Å². The molecule has 1 N–H and O–H groups in total. The lowest BCUT2D eigenvalue weighted by atomic mass is 10.2. The Balaban J connectivity index is 2.05. The Kier molecular flexibility index (Phi) is 4.84. The zero-order valence-corrected chi connectivity index (χ0v) is 11.7. The van der Waals surface area contributed by atoms with E-state index < -0.39 is 24.7 Å². The fourth-order valence-electron chi connectivity index (χ4n) is 1.69. The van der Waals surface area contributed by atoms with Gasteiger partial charge in [0.2, 0.25) is 0 Å². The van der Waals surface area contributed by atoms with E-state index in [1.54, 1.807) is 0 Å². The fourth-order valence-corrected chi connectivity index (χ4v) is 1.91. The molecular formula is C12H10ClF5N4. The van der Waals surface area contributed by atoms with Gasteiger partial charge < -0.3 is 5.32 Å². The second-order valence-corrected chi connectivity index (χ2v) is 4.72. The van der Waals surface area contributed by atoms with Gasteiger partial charge in [0.15, 0.2) is 0 Å². The number of anilines is 1. The zero-order chi connectivity index (χ0) is 16.3. The monoisotopic (exact) mass is 340 g/mol. The van der Waals surface area contributed by atoms with E-state index in [2.05, 4.69) is 15.4 Å². The molecule has 0 amide bonds. The molecule has 4 nitrogen and oxygen atoms in total. The minimum absolute atomic E-state index is 0.0586. The van der Waals surface area contributed by atoms with Crippen LogP contribution in [0, 0.1) is 0 Å². The van der Waals surface area contributed by atoms with Crippen molar-refractivity contribution in [2.75, 3.05) is 5.32 Å². The summed E-state index contributed by atoms with van der Waals surface area (Å²) in [6.45, 7) is -0.634. The number of rotatable bonds is 5. The molecular weight excluding hydrogens is 331 g/mol. The van der Waals surface area contributed by atoms with Gasteiger partial charge in [-0.2, -0.15) is 18.3 Å². The maximum Gasteiger partial charge on any atom is 0.416 e. The molecule has 2 rings (SSSR count). The van der Waals surface area contributed by atoms with Gasteiger partial charge >= 0.3 is 6.18 Å². The maximum absolute atomic E-state index is 12.6. The zero-order valence-electron chi connectivity index (χ0n) is 10.9. The fraction of sp³-hybridized carbons (Fsp3) is 0.333. The van der Waals surface area contributed by atoms with Crippen molar-refractivity contribution >= 4 is 17.4 Å². The molecule has 2 aromatic heterocycles. The van der Waals surface area contributed by atoms with Gasteiger partial charge in [0, 0.05) is 12.3 Å². The summed E-state index contributed by atoms with van der Waals surface area (Å²) in [6, 6.07) is 3.01. The largest absolute Gasteiger partial charge is 0.416 e. The van der Waals surface area contributed by atoms with Crippen molar-refractivity contribution in [1.29, 1.82) is 0 Å². The van der Waals surface area contributed by atoms with Crippen LogP contribution in [-0.2, 0) is 19.3 Å². The molecule has 0 fully saturated rings. The molecule has 0 aromatic carbocycles. The number of hydrogen-bond acceptors (Lipinski definition) is 3. The highest BCUT2D eigenvalue weighted by molar-refractivity contribution is 6.29. The second-order valence-electron chi connectivity index (χ2n) is 4.34. The number of hydrogen-bond donors (Lipinski definition) is 1. The van der Waals surface area contributed by atoms with Gasteiger partial charge in [-0.15, -0.1) is 0 Å². The Morgan fingerprint density at radius 2 is 2.00 bits per heavy atom. The van der Waals surface area contributed by atoms with Gasteiger partial charge in [0.25, 0.3) is 6.43 Å². The van der Waals surface area contributed by atoms with Crippen LogP contribution in [0.3, 0.4) is 0 Å². The molecule has 22 heavy (non-hydrogen) atoms. The summed E-state index contributed by atoms with van der Waals surface area (Å²) in [6.07, 6.45) is -5.74.